The Balaban J connectivity index is 2.27. The lowest BCUT2D eigenvalue weighted by atomic mass is 9.90. The lowest BCUT2D eigenvalue weighted by Gasteiger charge is -2.23. The number of rotatable bonds is 1. The van der Waals surface area contributed by atoms with Gasteiger partial charge in [0.1, 0.15) is 5.82 Å². The molecule has 0 unspecified atom stereocenters. The Bertz CT molecular complexity index is 341. The zero-order chi connectivity index (χ0) is 10.8. The van der Waals surface area contributed by atoms with Crippen LogP contribution in [0.25, 0.3) is 0 Å². The molecule has 0 aromatic heterocycles. The zero-order valence-corrected chi connectivity index (χ0v) is 10.5. The molecule has 0 atom stereocenters. The van der Waals surface area contributed by atoms with Gasteiger partial charge in [-0.05, 0) is 65.5 Å². The van der Waals surface area contributed by atoms with Gasteiger partial charge in [0.25, 0.3) is 0 Å². The van der Waals surface area contributed by atoms with E-state index >= 15 is 0 Å². The molecular formula is C11H12BrClFN. The van der Waals surface area contributed by atoms with E-state index in [0.717, 1.165) is 31.5 Å². The summed E-state index contributed by atoms with van der Waals surface area (Å²) in [5.41, 5.74) is 1.02. The van der Waals surface area contributed by atoms with Crippen molar-refractivity contribution in [1.82, 2.24) is 5.32 Å². The molecule has 0 spiro atoms. The van der Waals surface area contributed by atoms with E-state index in [0.29, 0.717) is 15.4 Å². The number of halogens is 3. The second-order valence-electron chi connectivity index (χ2n) is 3.82. The summed E-state index contributed by atoms with van der Waals surface area (Å²) in [6.45, 7) is 2.00. The van der Waals surface area contributed by atoms with E-state index in [4.69, 9.17) is 11.6 Å². The highest BCUT2D eigenvalue weighted by molar-refractivity contribution is 9.10. The normalized spacial score (nSPS) is 18.1. The summed E-state index contributed by atoms with van der Waals surface area (Å²) in [6.07, 6.45) is 2.11. The van der Waals surface area contributed by atoms with Gasteiger partial charge in [-0.25, -0.2) is 4.39 Å². The minimum Gasteiger partial charge on any atom is -0.317 e. The maximum absolute atomic E-state index is 13.4. The molecule has 0 radical (unpaired) electrons. The van der Waals surface area contributed by atoms with E-state index < -0.39 is 0 Å². The van der Waals surface area contributed by atoms with Gasteiger partial charge in [0.05, 0.1) is 9.50 Å². The minimum absolute atomic E-state index is 0.268. The SMILES string of the molecule is Fc1cc(C2CCNCC2)cc(Cl)c1Br. The molecule has 1 aliphatic rings. The number of nitrogens with one attached hydrogen (secondary N) is 1. The van der Waals surface area contributed by atoms with Crippen LogP contribution in [0, 0.1) is 5.82 Å². The van der Waals surface area contributed by atoms with E-state index in [1.165, 1.54) is 0 Å². The molecular weight excluding hydrogens is 280 g/mol. The highest BCUT2D eigenvalue weighted by atomic mass is 79.9. The minimum atomic E-state index is -0.268. The van der Waals surface area contributed by atoms with Gasteiger partial charge < -0.3 is 5.32 Å². The Labute approximate surface area is 102 Å². The summed E-state index contributed by atoms with van der Waals surface area (Å²) >= 11 is 9.05. The smallest absolute Gasteiger partial charge is 0.139 e. The third kappa shape index (κ3) is 2.52. The first-order chi connectivity index (χ1) is 7.18. The molecule has 2 rings (SSSR count). The van der Waals surface area contributed by atoms with Crippen molar-refractivity contribution in [3.8, 4) is 0 Å². The van der Waals surface area contributed by atoms with Gasteiger partial charge in [-0.1, -0.05) is 11.6 Å². The summed E-state index contributed by atoms with van der Waals surface area (Å²) < 4.78 is 13.8. The summed E-state index contributed by atoms with van der Waals surface area (Å²) in [6, 6.07) is 3.46. The number of piperidine rings is 1. The molecule has 1 aromatic rings. The van der Waals surface area contributed by atoms with Crippen molar-refractivity contribution in [3.63, 3.8) is 0 Å². The lowest BCUT2D eigenvalue weighted by molar-refractivity contribution is 0.458. The lowest BCUT2D eigenvalue weighted by Crippen LogP contribution is -2.26. The monoisotopic (exact) mass is 291 g/mol. The van der Waals surface area contributed by atoms with E-state index in [9.17, 15) is 4.39 Å². The summed E-state index contributed by atoms with van der Waals surface area (Å²) in [7, 11) is 0. The fourth-order valence-corrected chi connectivity index (χ4v) is 2.41. The molecule has 1 saturated heterocycles. The predicted octanol–water partition coefficient (Wildman–Crippen LogP) is 3.71. The largest absolute Gasteiger partial charge is 0.317 e. The quantitative estimate of drug-likeness (QED) is 0.778. The molecule has 1 fully saturated rings. The van der Waals surface area contributed by atoms with Crippen molar-refractivity contribution in [3.05, 3.63) is 33.0 Å². The third-order valence-electron chi connectivity index (χ3n) is 2.82. The number of hydrogen-bond acceptors (Lipinski definition) is 1. The van der Waals surface area contributed by atoms with Crippen LogP contribution in [0.5, 0.6) is 0 Å². The van der Waals surface area contributed by atoms with Crippen LogP contribution < -0.4 is 5.32 Å². The van der Waals surface area contributed by atoms with Crippen molar-refractivity contribution in [2.45, 2.75) is 18.8 Å². The highest BCUT2D eigenvalue weighted by Gasteiger charge is 2.17. The average Bonchev–Trinajstić information content (AvgIpc) is 2.26. The van der Waals surface area contributed by atoms with Crippen LogP contribution in [0.3, 0.4) is 0 Å². The maximum atomic E-state index is 13.4. The van der Waals surface area contributed by atoms with Crippen molar-refractivity contribution in [2.75, 3.05) is 13.1 Å². The molecule has 0 amide bonds. The van der Waals surface area contributed by atoms with Crippen molar-refractivity contribution < 1.29 is 4.39 Å². The van der Waals surface area contributed by atoms with Gasteiger partial charge in [-0.3, -0.25) is 0 Å². The molecule has 15 heavy (non-hydrogen) atoms. The van der Waals surface area contributed by atoms with E-state index in [-0.39, 0.29) is 5.82 Å². The van der Waals surface area contributed by atoms with Crippen LogP contribution in [0.1, 0.15) is 24.3 Å². The molecule has 4 heteroatoms. The Morgan fingerprint density at radius 2 is 2.00 bits per heavy atom. The molecule has 0 aliphatic carbocycles. The van der Waals surface area contributed by atoms with Crippen LogP contribution in [0.4, 0.5) is 4.39 Å². The first-order valence-electron chi connectivity index (χ1n) is 5.03. The molecule has 0 bridgehead atoms. The Morgan fingerprint density at radius 1 is 1.33 bits per heavy atom. The highest BCUT2D eigenvalue weighted by Crippen LogP contribution is 2.32. The van der Waals surface area contributed by atoms with Crippen LogP contribution in [0.15, 0.2) is 16.6 Å². The van der Waals surface area contributed by atoms with Gasteiger partial charge in [-0.15, -0.1) is 0 Å². The molecule has 1 N–H and O–H groups in total. The molecule has 1 nitrogen and oxygen atoms in total. The number of hydrogen-bond donors (Lipinski definition) is 1. The summed E-state index contributed by atoms with van der Waals surface area (Å²) in [5, 5.41) is 3.75. The second-order valence-corrected chi connectivity index (χ2v) is 5.02. The Kier molecular flexibility index (Phi) is 3.65. The zero-order valence-electron chi connectivity index (χ0n) is 8.19. The first kappa shape index (κ1) is 11.4. The fourth-order valence-electron chi connectivity index (χ4n) is 1.97. The van der Waals surface area contributed by atoms with E-state index in [1.807, 2.05) is 6.07 Å². The maximum Gasteiger partial charge on any atom is 0.139 e. The third-order valence-corrected chi connectivity index (χ3v) is 4.15. The Hall–Kier alpha value is -0.120. The molecule has 1 heterocycles. The van der Waals surface area contributed by atoms with Crippen LogP contribution in [-0.4, -0.2) is 13.1 Å². The van der Waals surface area contributed by atoms with E-state index in [1.54, 1.807) is 6.07 Å². The molecule has 0 saturated carbocycles. The van der Waals surface area contributed by atoms with Gasteiger partial charge >= 0.3 is 0 Å². The van der Waals surface area contributed by atoms with Crippen molar-refractivity contribution in [2.24, 2.45) is 0 Å². The summed E-state index contributed by atoms with van der Waals surface area (Å²) in [5.74, 6) is 0.169. The predicted molar refractivity (Wildman–Crippen MR) is 64.0 cm³/mol. The van der Waals surface area contributed by atoms with Gasteiger partial charge in [0.2, 0.25) is 0 Å². The average molecular weight is 293 g/mol. The van der Waals surface area contributed by atoms with Gasteiger partial charge in [-0.2, -0.15) is 0 Å². The standard InChI is InChI=1S/C11H12BrClFN/c12-11-9(13)5-8(6-10(11)14)7-1-3-15-4-2-7/h5-7,15H,1-4H2. The molecule has 1 aromatic carbocycles. The van der Waals surface area contributed by atoms with Crippen molar-refractivity contribution >= 4 is 27.5 Å². The summed E-state index contributed by atoms with van der Waals surface area (Å²) in [4.78, 5) is 0. The first-order valence-corrected chi connectivity index (χ1v) is 6.20. The van der Waals surface area contributed by atoms with Crippen molar-refractivity contribution in [1.29, 1.82) is 0 Å². The topological polar surface area (TPSA) is 12.0 Å². The van der Waals surface area contributed by atoms with Crippen LogP contribution in [0.2, 0.25) is 5.02 Å². The van der Waals surface area contributed by atoms with Gasteiger partial charge in [0, 0.05) is 0 Å². The molecule has 82 valence electrons. The fraction of sp³-hybridized carbons (Fsp3) is 0.455. The molecule has 1 aliphatic heterocycles. The van der Waals surface area contributed by atoms with Crippen LogP contribution in [-0.2, 0) is 0 Å². The van der Waals surface area contributed by atoms with E-state index in [2.05, 4.69) is 21.2 Å². The second kappa shape index (κ2) is 4.81. The number of benzene rings is 1. The van der Waals surface area contributed by atoms with Crippen LogP contribution >= 0.6 is 27.5 Å². The Morgan fingerprint density at radius 3 is 2.60 bits per heavy atom. The van der Waals surface area contributed by atoms with Gasteiger partial charge in [0.15, 0.2) is 0 Å².